The van der Waals surface area contributed by atoms with Gasteiger partial charge in [-0.15, -0.1) is 0 Å². The number of nitrogens with zero attached hydrogens (tertiary/aromatic N) is 2. The Bertz CT molecular complexity index is 475. The summed E-state index contributed by atoms with van der Waals surface area (Å²) in [6, 6.07) is 6.43. The van der Waals surface area contributed by atoms with Gasteiger partial charge in [0.1, 0.15) is 11.6 Å². The summed E-state index contributed by atoms with van der Waals surface area (Å²) in [7, 11) is 0. The molecule has 0 spiro atoms. The van der Waals surface area contributed by atoms with Crippen molar-refractivity contribution in [3.8, 4) is 6.07 Å². The van der Waals surface area contributed by atoms with Crippen LogP contribution in [0.2, 0.25) is 0 Å². The van der Waals surface area contributed by atoms with E-state index in [1.54, 1.807) is 6.07 Å². The molecule has 17 heavy (non-hydrogen) atoms. The summed E-state index contributed by atoms with van der Waals surface area (Å²) in [4.78, 5) is 10.2. The third-order valence-electron chi connectivity index (χ3n) is 2.89. The molecule has 0 amide bonds. The average Bonchev–Trinajstić information content (AvgIpc) is 3.13. The fourth-order valence-electron chi connectivity index (χ4n) is 1.71. The van der Waals surface area contributed by atoms with E-state index in [4.69, 9.17) is 5.26 Å². The van der Waals surface area contributed by atoms with Gasteiger partial charge in [0.05, 0.1) is 4.92 Å². The molecule has 1 aliphatic carbocycles. The summed E-state index contributed by atoms with van der Waals surface area (Å²) in [6.07, 6.45) is 3.71. The van der Waals surface area contributed by atoms with Crippen LogP contribution in [0.15, 0.2) is 18.2 Å². The highest BCUT2D eigenvalue weighted by Gasteiger charge is 2.20. The van der Waals surface area contributed by atoms with Gasteiger partial charge < -0.3 is 5.32 Å². The predicted molar refractivity (Wildman–Crippen MR) is 63.6 cm³/mol. The van der Waals surface area contributed by atoms with Gasteiger partial charge in [0.2, 0.25) is 0 Å². The van der Waals surface area contributed by atoms with Crippen LogP contribution in [0.25, 0.3) is 0 Å². The molecule has 88 valence electrons. The van der Waals surface area contributed by atoms with Crippen molar-refractivity contribution in [1.29, 1.82) is 5.26 Å². The first kappa shape index (κ1) is 11.4. The molecule has 1 aromatic carbocycles. The zero-order chi connectivity index (χ0) is 12.3. The standard InChI is InChI=1S/C12H13N3O2/c13-8-10-3-4-11(7-12(10)15(16)17)14-6-5-9-1-2-9/h3-4,7,9,14H,1-2,5-6H2. The SMILES string of the molecule is N#Cc1ccc(NCCC2CC2)cc1[N+](=O)[O-]. The molecule has 1 aromatic rings. The number of nitro benzene ring substituents is 1. The van der Waals surface area contributed by atoms with Crippen LogP contribution >= 0.6 is 0 Å². The molecular formula is C12H13N3O2. The van der Waals surface area contributed by atoms with Crippen molar-refractivity contribution < 1.29 is 4.92 Å². The fourth-order valence-corrected chi connectivity index (χ4v) is 1.71. The van der Waals surface area contributed by atoms with E-state index in [0.29, 0.717) is 5.69 Å². The largest absolute Gasteiger partial charge is 0.385 e. The van der Waals surface area contributed by atoms with Crippen LogP contribution in [0.4, 0.5) is 11.4 Å². The van der Waals surface area contributed by atoms with Crippen LogP contribution in [0, 0.1) is 27.4 Å². The number of rotatable bonds is 5. The molecule has 1 N–H and O–H groups in total. The van der Waals surface area contributed by atoms with Gasteiger partial charge in [-0.3, -0.25) is 10.1 Å². The predicted octanol–water partition coefficient (Wildman–Crippen LogP) is 2.68. The Morgan fingerprint density at radius 2 is 2.29 bits per heavy atom. The highest BCUT2D eigenvalue weighted by Crippen LogP contribution is 2.32. The molecule has 0 heterocycles. The molecule has 5 heteroatoms. The molecule has 0 bridgehead atoms. The second-order valence-electron chi connectivity index (χ2n) is 4.26. The van der Waals surface area contributed by atoms with Gasteiger partial charge in [-0.25, -0.2) is 0 Å². The molecule has 0 aromatic heterocycles. The van der Waals surface area contributed by atoms with Crippen LogP contribution in [-0.4, -0.2) is 11.5 Å². The monoisotopic (exact) mass is 231 g/mol. The average molecular weight is 231 g/mol. The Hall–Kier alpha value is -2.09. The van der Waals surface area contributed by atoms with Crippen molar-refractivity contribution in [2.45, 2.75) is 19.3 Å². The van der Waals surface area contributed by atoms with Crippen LogP contribution < -0.4 is 5.32 Å². The normalized spacial score (nSPS) is 14.1. The quantitative estimate of drug-likeness (QED) is 0.624. The molecule has 1 fully saturated rings. The number of hydrogen-bond acceptors (Lipinski definition) is 4. The molecular weight excluding hydrogens is 218 g/mol. The maximum Gasteiger partial charge on any atom is 0.289 e. The van der Waals surface area contributed by atoms with E-state index in [1.807, 2.05) is 6.07 Å². The smallest absolute Gasteiger partial charge is 0.289 e. The Morgan fingerprint density at radius 1 is 1.53 bits per heavy atom. The van der Waals surface area contributed by atoms with E-state index in [2.05, 4.69) is 5.32 Å². The number of nitrogens with one attached hydrogen (secondary N) is 1. The first-order valence-corrected chi connectivity index (χ1v) is 5.63. The lowest BCUT2D eigenvalue weighted by atomic mass is 10.1. The van der Waals surface area contributed by atoms with E-state index >= 15 is 0 Å². The third kappa shape index (κ3) is 2.94. The third-order valence-corrected chi connectivity index (χ3v) is 2.89. The van der Waals surface area contributed by atoms with Crippen molar-refractivity contribution in [2.24, 2.45) is 5.92 Å². The van der Waals surface area contributed by atoms with Crippen LogP contribution in [-0.2, 0) is 0 Å². The molecule has 0 radical (unpaired) electrons. The molecule has 0 saturated heterocycles. The summed E-state index contributed by atoms with van der Waals surface area (Å²) in [5, 5.41) is 22.6. The molecule has 1 saturated carbocycles. The molecule has 0 aliphatic heterocycles. The number of benzene rings is 1. The van der Waals surface area contributed by atoms with Gasteiger partial charge in [0.15, 0.2) is 0 Å². The molecule has 0 atom stereocenters. The lowest BCUT2D eigenvalue weighted by Gasteiger charge is -2.05. The maximum absolute atomic E-state index is 10.8. The highest BCUT2D eigenvalue weighted by atomic mass is 16.6. The van der Waals surface area contributed by atoms with E-state index in [0.717, 1.165) is 18.9 Å². The van der Waals surface area contributed by atoms with Crippen LogP contribution in [0.3, 0.4) is 0 Å². The Balaban J connectivity index is 2.04. The number of anilines is 1. The summed E-state index contributed by atoms with van der Waals surface area (Å²) in [6.45, 7) is 0.827. The fraction of sp³-hybridized carbons (Fsp3) is 0.417. The van der Waals surface area contributed by atoms with E-state index < -0.39 is 4.92 Å². The zero-order valence-electron chi connectivity index (χ0n) is 9.35. The van der Waals surface area contributed by atoms with Gasteiger partial charge in [-0.2, -0.15) is 5.26 Å². The lowest BCUT2D eigenvalue weighted by Crippen LogP contribution is -2.03. The Morgan fingerprint density at radius 3 is 2.88 bits per heavy atom. The molecule has 1 aliphatic rings. The van der Waals surface area contributed by atoms with Gasteiger partial charge >= 0.3 is 0 Å². The second kappa shape index (κ2) is 4.83. The minimum absolute atomic E-state index is 0.0998. The van der Waals surface area contributed by atoms with Crippen molar-refractivity contribution in [1.82, 2.24) is 0 Å². The number of nitriles is 1. The lowest BCUT2D eigenvalue weighted by molar-refractivity contribution is -0.385. The van der Waals surface area contributed by atoms with Gasteiger partial charge in [0.25, 0.3) is 5.69 Å². The van der Waals surface area contributed by atoms with E-state index in [-0.39, 0.29) is 11.3 Å². The summed E-state index contributed by atoms with van der Waals surface area (Å²) in [5.41, 5.74) is 0.669. The number of nitro groups is 1. The first-order valence-electron chi connectivity index (χ1n) is 5.63. The maximum atomic E-state index is 10.8. The van der Waals surface area contributed by atoms with Crippen molar-refractivity contribution in [3.05, 3.63) is 33.9 Å². The van der Waals surface area contributed by atoms with Gasteiger partial charge in [-0.05, 0) is 24.5 Å². The zero-order valence-corrected chi connectivity index (χ0v) is 9.35. The molecule has 0 unspecified atom stereocenters. The highest BCUT2D eigenvalue weighted by molar-refractivity contribution is 5.59. The topological polar surface area (TPSA) is 79.0 Å². The van der Waals surface area contributed by atoms with E-state index in [1.165, 1.54) is 25.0 Å². The summed E-state index contributed by atoms with van der Waals surface area (Å²) < 4.78 is 0. The summed E-state index contributed by atoms with van der Waals surface area (Å²) >= 11 is 0. The van der Waals surface area contributed by atoms with Crippen molar-refractivity contribution >= 4 is 11.4 Å². The Labute approximate surface area is 99.2 Å². The molecule has 5 nitrogen and oxygen atoms in total. The second-order valence-corrected chi connectivity index (χ2v) is 4.26. The minimum atomic E-state index is -0.523. The van der Waals surface area contributed by atoms with Crippen LogP contribution in [0.1, 0.15) is 24.8 Å². The van der Waals surface area contributed by atoms with E-state index in [9.17, 15) is 10.1 Å². The van der Waals surface area contributed by atoms with Gasteiger partial charge in [0, 0.05) is 18.3 Å². The molecule has 2 rings (SSSR count). The minimum Gasteiger partial charge on any atom is -0.385 e. The van der Waals surface area contributed by atoms with Crippen molar-refractivity contribution in [2.75, 3.05) is 11.9 Å². The van der Waals surface area contributed by atoms with Gasteiger partial charge in [-0.1, -0.05) is 12.8 Å². The Kier molecular flexibility index (Phi) is 3.24. The summed E-state index contributed by atoms with van der Waals surface area (Å²) in [5.74, 6) is 0.830. The number of hydrogen-bond donors (Lipinski definition) is 1. The van der Waals surface area contributed by atoms with Crippen molar-refractivity contribution in [3.63, 3.8) is 0 Å². The van der Waals surface area contributed by atoms with Crippen LogP contribution in [0.5, 0.6) is 0 Å². The first-order chi connectivity index (χ1) is 8.20.